The van der Waals surface area contributed by atoms with Gasteiger partial charge in [0.15, 0.2) is 0 Å². The second-order valence-corrected chi connectivity index (χ2v) is 8.52. The van der Waals surface area contributed by atoms with E-state index in [0.29, 0.717) is 10.1 Å². The summed E-state index contributed by atoms with van der Waals surface area (Å²) in [6.45, 7) is 1.90. The van der Waals surface area contributed by atoms with E-state index in [1.165, 1.54) is 35.6 Å². The van der Waals surface area contributed by atoms with Crippen LogP contribution in [0, 0.1) is 5.82 Å². The van der Waals surface area contributed by atoms with Gasteiger partial charge in [-0.3, -0.25) is 4.79 Å². The molecule has 1 saturated heterocycles. The van der Waals surface area contributed by atoms with Crippen molar-refractivity contribution in [1.82, 2.24) is 5.32 Å². The maximum Gasteiger partial charge on any atom is 0.251 e. The number of nitrogens with one attached hydrogen (secondary N) is 1. The Kier molecular flexibility index (Phi) is 5.85. The van der Waals surface area contributed by atoms with Crippen LogP contribution in [0.5, 0.6) is 0 Å². The van der Waals surface area contributed by atoms with E-state index in [-0.39, 0.29) is 17.8 Å². The molecule has 126 valence electrons. The highest BCUT2D eigenvalue weighted by Gasteiger charge is 2.17. The number of benzene rings is 2. The Labute approximate surface area is 150 Å². The van der Waals surface area contributed by atoms with E-state index in [0.717, 1.165) is 5.56 Å². The summed E-state index contributed by atoms with van der Waals surface area (Å²) in [6.07, 6.45) is 1.27. The van der Waals surface area contributed by atoms with Crippen molar-refractivity contribution in [3.8, 4) is 0 Å². The van der Waals surface area contributed by atoms with Gasteiger partial charge in [0, 0.05) is 5.56 Å². The third-order valence-electron chi connectivity index (χ3n) is 3.99. The van der Waals surface area contributed by atoms with Gasteiger partial charge in [0.25, 0.3) is 5.91 Å². The van der Waals surface area contributed by atoms with Crippen molar-refractivity contribution >= 4 is 29.4 Å². The summed E-state index contributed by atoms with van der Waals surface area (Å²) in [4.78, 5) is 12.4. The van der Waals surface area contributed by atoms with Crippen LogP contribution in [-0.4, -0.2) is 17.4 Å². The molecule has 2 nitrogen and oxygen atoms in total. The standard InChI is InChI=1S/C19H20FNOS2/c1-13(14-7-9-17(20)10-8-14)21-18(22)15-3-5-16(6-4-15)19-23-11-2-12-24-19/h3-10,13,19H,2,11-12H2,1H3,(H,21,22)/t13-/m0/s1. The minimum absolute atomic E-state index is 0.109. The van der Waals surface area contributed by atoms with E-state index < -0.39 is 0 Å². The van der Waals surface area contributed by atoms with E-state index in [9.17, 15) is 9.18 Å². The lowest BCUT2D eigenvalue weighted by molar-refractivity contribution is 0.0940. The minimum Gasteiger partial charge on any atom is -0.346 e. The zero-order chi connectivity index (χ0) is 16.9. The smallest absolute Gasteiger partial charge is 0.251 e. The topological polar surface area (TPSA) is 29.1 Å². The molecule has 1 aliphatic rings. The zero-order valence-electron chi connectivity index (χ0n) is 13.5. The molecule has 1 amide bonds. The van der Waals surface area contributed by atoms with Crippen LogP contribution in [0.3, 0.4) is 0 Å². The average Bonchev–Trinajstić information content (AvgIpc) is 2.63. The van der Waals surface area contributed by atoms with Gasteiger partial charge in [0.2, 0.25) is 0 Å². The van der Waals surface area contributed by atoms with E-state index >= 15 is 0 Å². The molecule has 0 radical (unpaired) electrons. The Balaban J connectivity index is 1.63. The first-order valence-corrected chi connectivity index (χ1v) is 10.1. The lowest BCUT2D eigenvalue weighted by Gasteiger charge is -2.21. The van der Waals surface area contributed by atoms with Gasteiger partial charge in [0.1, 0.15) is 5.82 Å². The highest BCUT2D eigenvalue weighted by Crippen LogP contribution is 2.43. The Morgan fingerprint density at radius 3 is 2.33 bits per heavy atom. The van der Waals surface area contributed by atoms with Gasteiger partial charge < -0.3 is 5.32 Å². The van der Waals surface area contributed by atoms with Crippen molar-refractivity contribution < 1.29 is 9.18 Å². The Morgan fingerprint density at radius 1 is 1.08 bits per heavy atom. The molecule has 1 heterocycles. The molecule has 2 aromatic carbocycles. The van der Waals surface area contributed by atoms with Crippen LogP contribution in [0.25, 0.3) is 0 Å². The lowest BCUT2D eigenvalue weighted by Crippen LogP contribution is -2.26. The highest BCUT2D eigenvalue weighted by molar-refractivity contribution is 8.16. The van der Waals surface area contributed by atoms with Crippen molar-refractivity contribution in [2.24, 2.45) is 0 Å². The van der Waals surface area contributed by atoms with E-state index in [2.05, 4.69) is 5.32 Å². The van der Waals surface area contributed by atoms with Gasteiger partial charge in [-0.2, -0.15) is 0 Å². The summed E-state index contributed by atoms with van der Waals surface area (Å²) in [5.41, 5.74) is 2.81. The fraction of sp³-hybridized carbons (Fsp3) is 0.316. The van der Waals surface area contributed by atoms with Crippen molar-refractivity contribution in [1.29, 1.82) is 0 Å². The quantitative estimate of drug-likeness (QED) is 0.813. The van der Waals surface area contributed by atoms with Crippen LogP contribution in [0.1, 0.15) is 45.5 Å². The number of hydrogen-bond donors (Lipinski definition) is 1. The van der Waals surface area contributed by atoms with Gasteiger partial charge >= 0.3 is 0 Å². The van der Waals surface area contributed by atoms with Crippen molar-refractivity contribution in [2.75, 3.05) is 11.5 Å². The minimum atomic E-state index is -0.272. The van der Waals surface area contributed by atoms with Crippen LogP contribution in [0.15, 0.2) is 48.5 Å². The fourth-order valence-corrected chi connectivity index (χ4v) is 5.48. The van der Waals surface area contributed by atoms with Crippen LogP contribution < -0.4 is 5.32 Å². The van der Waals surface area contributed by atoms with Gasteiger partial charge in [-0.15, -0.1) is 23.5 Å². The molecule has 5 heteroatoms. The van der Waals surface area contributed by atoms with E-state index in [1.807, 2.05) is 54.7 Å². The summed E-state index contributed by atoms with van der Waals surface area (Å²) >= 11 is 3.94. The molecule has 0 aromatic heterocycles. The molecule has 0 spiro atoms. The van der Waals surface area contributed by atoms with Crippen LogP contribution in [-0.2, 0) is 0 Å². The monoisotopic (exact) mass is 361 g/mol. The van der Waals surface area contributed by atoms with Crippen molar-refractivity contribution in [3.63, 3.8) is 0 Å². The summed E-state index contributed by atoms with van der Waals surface area (Å²) in [6, 6.07) is 13.9. The third-order valence-corrected chi connectivity index (χ3v) is 7.00. The molecule has 0 aliphatic carbocycles. The fourth-order valence-electron chi connectivity index (χ4n) is 2.59. The summed E-state index contributed by atoms with van der Waals surface area (Å²) < 4.78 is 13.5. The highest BCUT2D eigenvalue weighted by atomic mass is 32.2. The van der Waals surface area contributed by atoms with Gasteiger partial charge in [-0.1, -0.05) is 24.3 Å². The van der Waals surface area contributed by atoms with Crippen LogP contribution in [0.4, 0.5) is 4.39 Å². The van der Waals surface area contributed by atoms with E-state index in [1.54, 1.807) is 12.1 Å². The molecule has 0 saturated carbocycles. The van der Waals surface area contributed by atoms with Gasteiger partial charge in [-0.25, -0.2) is 4.39 Å². The first-order valence-electron chi connectivity index (χ1n) is 8.03. The van der Waals surface area contributed by atoms with Crippen LogP contribution in [0.2, 0.25) is 0 Å². The number of thioether (sulfide) groups is 2. The Bertz CT molecular complexity index is 682. The number of rotatable bonds is 4. The number of carbonyl (C=O) groups excluding carboxylic acids is 1. The van der Waals surface area contributed by atoms with Crippen LogP contribution >= 0.6 is 23.5 Å². The molecule has 2 aromatic rings. The number of carbonyl (C=O) groups is 1. The molecular weight excluding hydrogens is 341 g/mol. The average molecular weight is 362 g/mol. The summed E-state index contributed by atoms with van der Waals surface area (Å²) in [5, 5.41) is 2.96. The normalized spacial score (nSPS) is 16.6. The second-order valence-electron chi connectivity index (χ2n) is 5.80. The van der Waals surface area contributed by atoms with E-state index in [4.69, 9.17) is 0 Å². The maximum atomic E-state index is 13.0. The predicted octanol–water partition coefficient (Wildman–Crippen LogP) is 5.19. The Hall–Kier alpha value is -1.46. The number of amides is 1. The molecule has 1 fully saturated rings. The zero-order valence-corrected chi connectivity index (χ0v) is 15.1. The lowest BCUT2D eigenvalue weighted by atomic mass is 10.1. The molecular formula is C19H20FNOS2. The van der Waals surface area contributed by atoms with Crippen molar-refractivity contribution in [3.05, 3.63) is 71.0 Å². The molecule has 1 aliphatic heterocycles. The first kappa shape index (κ1) is 17.4. The third kappa shape index (κ3) is 4.33. The largest absolute Gasteiger partial charge is 0.346 e. The molecule has 24 heavy (non-hydrogen) atoms. The maximum absolute atomic E-state index is 13.0. The summed E-state index contributed by atoms with van der Waals surface area (Å²) in [7, 11) is 0. The summed E-state index contributed by atoms with van der Waals surface area (Å²) in [5.74, 6) is 2.03. The SMILES string of the molecule is C[C@H](NC(=O)c1ccc(C2SCCCS2)cc1)c1ccc(F)cc1. The number of hydrogen-bond acceptors (Lipinski definition) is 3. The van der Waals surface area contributed by atoms with Gasteiger partial charge in [0.05, 0.1) is 10.6 Å². The molecule has 1 N–H and O–H groups in total. The first-order chi connectivity index (χ1) is 11.6. The van der Waals surface area contributed by atoms with Crippen molar-refractivity contribution in [2.45, 2.75) is 24.0 Å². The molecule has 0 unspecified atom stereocenters. The molecule has 3 rings (SSSR count). The molecule has 1 atom stereocenters. The Morgan fingerprint density at radius 2 is 1.71 bits per heavy atom. The predicted molar refractivity (Wildman–Crippen MR) is 101 cm³/mol. The number of halogens is 1. The second kappa shape index (κ2) is 8.08. The van der Waals surface area contributed by atoms with Gasteiger partial charge in [-0.05, 0) is 60.2 Å². The molecule has 0 bridgehead atoms.